The van der Waals surface area contributed by atoms with E-state index in [1.165, 1.54) is 44.4 Å². The Morgan fingerprint density at radius 3 is 2.49 bits per heavy atom. The fourth-order valence-electron chi connectivity index (χ4n) is 5.12. The second-order valence-corrected chi connectivity index (χ2v) is 12.1. The first-order valence-corrected chi connectivity index (χ1v) is 15.2. The lowest BCUT2D eigenvalue weighted by Crippen LogP contribution is -2.38. The number of halogens is 1. The van der Waals surface area contributed by atoms with Crippen molar-refractivity contribution in [3.05, 3.63) is 69.6 Å². The van der Waals surface area contributed by atoms with Gasteiger partial charge in [-0.3, -0.25) is 14.5 Å². The Morgan fingerprint density at radius 1 is 1.16 bits per heavy atom. The number of nitriles is 1. The van der Waals surface area contributed by atoms with Gasteiger partial charge in [0.15, 0.2) is 21.6 Å². The second-order valence-electron chi connectivity index (χ2n) is 9.47. The minimum atomic E-state index is -0.740. The minimum absolute atomic E-state index is 0.0803. The number of carbonyl (C=O) groups excluding carboxylic acids is 2. The van der Waals surface area contributed by atoms with Gasteiger partial charge in [-0.15, -0.1) is 10.2 Å². The number of Topliss-reactive ketones (excluding diaryl/α,β-unsaturated/α-hetero) is 1. The van der Waals surface area contributed by atoms with Crippen LogP contribution < -0.4 is 30.2 Å². The molecule has 14 heteroatoms. The summed E-state index contributed by atoms with van der Waals surface area (Å²) in [5.74, 6) is 0.401. The lowest BCUT2D eigenvalue weighted by molar-refractivity contribution is -0.116. The Hall–Kier alpha value is -4.25. The molecule has 3 N–H and O–H groups in total. The van der Waals surface area contributed by atoms with Gasteiger partial charge in [0.25, 0.3) is 0 Å². The van der Waals surface area contributed by atoms with Crippen LogP contribution in [0.25, 0.3) is 0 Å². The number of benzene rings is 2. The minimum Gasteiger partial charge on any atom is -0.493 e. The summed E-state index contributed by atoms with van der Waals surface area (Å²) < 4.78 is 17.1. The van der Waals surface area contributed by atoms with Crippen LogP contribution >= 0.6 is 34.7 Å². The standard InChI is InChI=1S/C29H27ClN6O5S2/c1-39-21-11-15(12-22(40-2)26(21)41-3)24-18(13-31)27(32)36(19-5-4-6-20(37)25(19)24)28-34-35-29(43-28)42-14-23(38)33-17-9-7-16(30)8-10-17/h7-12,24H,4-6,14,32H2,1-3H3,(H,33,38). The largest absolute Gasteiger partial charge is 0.493 e. The van der Waals surface area contributed by atoms with Gasteiger partial charge in [0.1, 0.15) is 5.82 Å². The predicted octanol–water partition coefficient (Wildman–Crippen LogP) is 5.25. The SMILES string of the molecule is COc1cc(C2C(C#N)=C(N)N(c3nnc(SCC(=O)Nc4ccc(Cl)cc4)s3)C3=C2C(=O)CCC3)cc(OC)c1OC. The molecule has 1 unspecified atom stereocenters. The fourth-order valence-corrected chi connectivity index (χ4v) is 6.92. The van der Waals surface area contributed by atoms with E-state index in [4.69, 9.17) is 31.5 Å². The quantitative estimate of drug-likeness (QED) is 0.295. The van der Waals surface area contributed by atoms with E-state index in [1.54, 1.807) is 41.3 Å². The number of nitrogens with zero attached hydrogens (tertiary/aromatic N) is 4. The fraction of sp³-hybridized carbons (Fsp3) is 0.276. The van der Waals surface area contributed by atoms with Crippen LogP contribution in [0.15, 0.2) is 63.4 Å². The third-order valence-corrected chi connectivity index (χ3v) is 9.27. The van der Waals surface area contributed by atoms with Gasteiger partial charge in [-0.05, 0) is 54.8 Å². The van der Waals surface area contributed by atoms with Gasteiger partial charge in [0.05, 0.1) is 44.6 Å². The number of carbonyl (C=O) groups is 2. The molecule has 1 amide bonds. The van der Waals surface area contributed by atoms with Crippen LogP contribution in [0.3, 0.4) is 0 Å². The number of aromatic nitrogens is 2. The number of hydrogen-bond donors (Lipinski definition) is 2. The van der Waals surface area contributed by atoms with Gasteiger partial charge < -0.3 is 25.3 Å². The molecule has 2 aromatic carbocycles. The van der Waals surface area contributed by atoms with Gasteiger partial charge in [-0.25, -0.2) is 0 Å². The maximum atomic E-state index is 13.5. The zero-order chi connectivity index (χ0) is 30.7. The molecule has 3 aromatic rings. The molecular weight excluding hydrogens is 612 g/mol. The number of ketones is 1. The topological polar surface area (TPSA) is 153 Å². The lowest BCUT2D eigenvalue weighted by atomic mass is 9.75. The van der Waals surface area contributed by atoms with Crippen molar-refractivity contribution in [3.8, 4) is 23.3 Å². The molecule has 1 aliphatic heterocycles. The monoisotopic (exact) mass is 638 g/mol. The number of allylic oxidation sites excluding steroid dienone is 3. The first kappa shape index (κ1) is 30.2. The molecule has 2 aliphatic rings. The van der Waals surface area contributed by atoms with Crippen molar-refractivity contribution in [1.82, 2.24) is 10.2 Å². The first-order valence-electron chi connectivity index (χ1n) is 13.1. The summed E-state index contributed by atoms with van der Waals surface area (Å²) in [4.78, 5) is 27.6. The average molecular weight is 639 g/mol. The highest BCUT2D eigenvalue weighted by Gasteiger charge is 2.42. The maximum absolute atomic E-state index is 13.5. The van der Waals surface area contributed by atoms with E-state index in [0.29, 0.717) is 73.5 Å². The second kappa shape index (κ2) is 12.9. The number of thioether (sulfide) groups is 1. The summed E-state index contributed by atoms with van der Waals surface area (Å²) in [6, 6.07) is 12.5. The zero-order valence-electron chi connectivity index (χ0n) is 23.5. The molecule has 2 heterocycles. The van der Waals surface area contributed by atoms with Crippen molar-refractivity contribution in [1.29, 1.82) is 5.26 Å². The van der Waals surface area contributed by atoms with Crippen molar-refractivity contribution < 1.29 is 23.8 Å². The number of methoxy groups -OCH3 is 3. The average Bonchev–Trinajstić information content (AvgIpc) is 3.48. The molecule has 5 rings (SSSR count). The summed E-state index contributed by atoms with van der Waals surface area (Å²) in [6.07, 6.45) is 1.51. The van der Waals surface area contributed by atoms with Gasteiger partial charge in [0.2, 0.25) is 16.8 Å². The van der Waals surface area contributed by atoms with Crippen LogP contribution in [-0.4, -0.2) is 49.0 Å². The summed E-state index contributed by atoms with van der Waals surface area (Å²) >= 11 is 8.35. The molecule has 0 radical (unpaired) electrons. The number of rotatable bonds is 9. The molecule has 0 bridgehead atoms. The van der Waals surface area contributed by atoms with Crippen LogP contribution in [-0.2, 0) is 9.59 Å². The van der Waals surface area contributed by atoms with Crippen molar-refractivity contribution in [3.63, 3.8) is 0 Å². The molecule has 0 saturated carbocycles. The number of nitrogens with one attached hydrogen (secondary N) is 1. The van der Waals surface area contributed by atoms with E-state index in [9.17, 15) is 14.9 Å². The summed E-state index contributed by atoms with van der Waals surface area (Å²) in [5.41, 5.74) is 9.25. The van der Waals surface area contributed by atoms with Gasteiger partial charge in [-0.1, -0.05) is 34.7 Å². The smallest absolute Gasteiger partial charge is 0.234 e. The van der Waals surface area contributed by atoms with Crippen molar-refractivity contribution in [2.75, 3.05) is 37.3 Å². The summed E-state index contributed by atoms with van der Waals surface area (Å²) in [6.45, 7) is 0. The molecule has 43 heavy (non-hydrogen) atoms. The van der Waals surface area contributed by atoms with Gasteiger partial charge in [0, 0.05) is 28.4 Å². The van der Waals surface area contributed by atoms with E-state index in [-0.39, 0.29) is 28.8 Å². The molecule has 0 saturated heterocycles. The highest BCUT2D eigenvalue weighted by molar-refractivity contribution is 8.01. The van der Waals surface area contributed by atoms with E-state index in [1.807, 2.05) is 0 Å². The number of anilines is 2. The number of hydrogen-bond acceptors (Lipinski definition) is 12. The molecule has 1 atom stereocenters. The predicted molar refractivity (Wildman–Crippen MR) is 165 cm³/mol. The van der Waals surface area contributed by atoms with E-state index in [0.717, 1.165) is 0 Å². The van der Waals surface area contributed by atoms with Crippen LogP contribution in [0.4, 0.5) is 10.8 Å². The number of nitrogens with two attached hydrogens (primary N) is 1. The van der Waals surface area contributed by atoms with Gasteiger partial charge in [-0.2, -0.15) is 5.26 Å². The van der Waals surface area contributed by atoms with Crippen LogP contribution in [0.1, 0.15) is 30.7 Å². The van der Waals surface area contributed by atoms with Crippen molar-refractivity contribution in [2.45, 2.75) is 29.5 Å². The highest BCUT2D eigenvalue weighted by atomic mass is 35.5. The Morgan fingerprint density at radius 2 is 1.86 bits per heavy atom. The first-order chi connectivity index (χ1) is 20.8. The van der Waals surface area contributed by atoms with Crippen LogP contribution in [0, 0.1) is 11.3 Å². The zero-order valence-corrected chi connectivity index (χ0v) is 25.9. The van der Waals surface area contributed by atoms with Crippen molar-refractivity contribution >= 4 is 57.2 Å². The Bertz CT molecular complexity index is 1660. The number of ether oxygens (including phenoxy) is 3. The molecule has 0 fully saturated rings. The third-order valence-electron chi connectivity index (χ3n) is 6.98. The van der Waals surface area contributed by atoms with E-state index < -0.39 is 5.92 Å². The third kappa shape index (κ3) is 5.99. The van der Waals surface area contributed by atoms with E-state index >= 15 is 0 Å². The van der Waals surface area contributed by atoms with Gasteiger partial charge >= 0.3 is 0 Å². The molecule has 11 nitrogen and oxygen atoms in total. The molecule has 0 spiro atoms. The number of amides is 1. The summed E-state index contributed by atoms with van der Waals surface area (Å²) in [7, 11) is 4.51. The molecule has 1 aliphatic carbocycles. The van der Waals surface area contributed by atoms with Crippen molar-refractivity contribution in [2.24, 2.45) is 5.73 Å². The maximum Gasteiger partial charge on any atom is 0.234 e. The Kier molecular flexibility index (Phi) is 9.10. The normalized spacial score (nSPS) is 16.5. The Labute approximate surface area is 261 Å². The molecular formula is C29H27ClN6O5S2. The highest BCUT2D eigenvalue weighted by Crippen LogP contribution is 2.50. The van der Waals surface area contributed by atoms with E-state index in [2.05, 4.69) is 21.6 Å². The Balaban J connectivity index is 1.47. The molecule has 1 aromatic heterocycles. The summed E-state index contributed by atoms with van der Waals surface area (Å²) in [5, 5.41) is 22.7. The lowest BCUT2D eigenvalue weighted by Gasteiger charge is -2.38. The van der Waals surface area contributed by atoms with Crippen LogP contribution in [0.5, 0.6) is 17.2 Å². The molecule has 222 valence electrons. The van der Waals surface area contributed by atoms with Crippen LogP contribution in [0.2, 0.25) is 5.02 Å².